The van der Waals surface area contributed by atoms with Gasteiger partial charge in [-0.3, -0.25) is 14.5 Å². The number of aliphatic carboxylic acids is 1. The number of nitrogens with one attached hydrogen (secondary N) is 1. The highest BCUT2D eigenvalue weighted by molar-refractivity contribution is 6.41. The molecule has 0 saturated carbocycles. The molecule has 0 saturated heterocycles. The number of halogens is 3. The number of phenolic OH excluding ortho intramolecular Hbond substituents is 1. The van der Waals surface area contributed by atoms with Crippen molar-refractivity contribution in [1.29, 1.82) is 0 Å². The van der Waals surface area contributed by atoms with Crippen LogP contribution in [0.5, 0.6) is 5.75 Å². The van der Waals surface area contributed by atoms with Crippen molar-refractivity contribution in [3.8, 4) is 5.75 Å². The summed E-state index contributed by atoms with van der Waals surface area (Å²) in [6.45, 7) is 4.38. The Labute approximate surface area is 170 Å². The van der Waals surface area contributed by atoms with E-state index in [0.717, 1.165) is 4.90 Å². The average Bonchev–Trinajstić information content (AvgIpc) is 2.60. The minimum Gasteiger partial charge on any atom is -0.508 e. The Kier molecular flexibility index (Phi) is 6.69. The Morgan fingerprint density at radius 3 is 2.46 bits per heavy atom. The third-order valence-electron chi connectivity index (χ3n) is 3.85. The minimum atomic E-state index is -1.21. The van der Waals surface area contributed by atoms with Crippen molar-refractivity contribution < 1.29 is 24.2 Å². The van der Waals surface area contributed by atoms with Gasteiger partial charge in [0.05, 0.1) is 5.69 Å². The number of hydrogen-bond acceptors (Lipinski definition) is 5. The molecule has 1 aromatic carbocycles. The van der Waals surface area contributed by atoms with Gasteiger partial charge in [0.25, 0.3) is 0 Å². The highest BCUT2D eigenvalue weighted by atomic mass is 35.5. The van der Waals surface area contributed by atoms with E-state index in [0.29, 0.717) is 11.3 Å². The van der Waals surface area contributed by atoms with Crippen LogP contribution in [0.1, 0.15) is 32.3 Å². The highest BCUT2D eigenvalue weighted by Crippen LogP contribution is 2.43. The number of hydrogen-bond donors (Lipinski definition) is 3. The zero-order chi connectivity index (χ0) is 21.2. The lowest BCUT2D eigenvalue weighted by Gasteiger charge is -2.25. The predicted octanol–water partition coefficient (Wildman–Crippen LogP) is 4.54. The molecule has 0 aliphatic heterocycles. The third kappa shape index (κ3) is 4.45. The molecule has 2 rings (SSSR count). The monoisotopic (exact) mass is 429 g/mol. The zero-order valence-corrected chi connectivity index (χ0v) is 16.8. The second kappa shape index (κ2) is 8.62. The lowest BCUT2D eigenvalue weighted by atomic mass is 10.0. The number of phenols is 1. The van der Waals surface area contributed by atoms with Crippen molar-refractivity contribution in [3.63, 3.8) is 0 Å². The second-order valence-corrected chi connectivity index (χ2v) is 6.98. The van der Waals surface area contributed by atoms with Gasteiger partial charge in [0.1, 0.15) is 22.3 Å². The molecule has 0 atom stereocenters. The van der Waals surface area contributed by atoms with Crippen LogP contribution in [0, 0.1) is 5.95 Å². The number of carboxylic acid groups (broad SMARTS) is 1. The molecule has 0 unspecified atom stereocenters. The Hall–Kier alpha value is -2.58. The number of carbonyl (C=O) groups excluding carboxylic acids is 1. The first-order chi connectivity index (χ1) is 13.0. The van der Waals surface area contributed by atoms with Crippen LogP contribution in [0.3, 0.4) is 0 Å². The minimum absolute atomic E-state index is 0.0455. The van der Waals surface area contributed by atoms with E-state index in [1.807, 2.05) is 13.8 Å². The molecule has 0 aliphatic rings. The maximum Gasteiger partial charge on any atom is 0.322 e. The van der Waals surface area contributed by atoms with E-state index in [9.17, 15) is 19.1 Å². The lowest BCUT2D eigenvalue weighted by Crippen LogP contribution is -2.25. The summed E-state index contributed by atoms with van der Waals surface area (Å²) in [6, 6.07) is 4.43. The van der Waals surface area contributed by atoms with Crippen LogP contribution in [0.4, 0.5) is 21.6 Å². The van der Waals surface area contributed by atoms with E-state index >= 15 is 0 Å². The molecule has 1 heterocycles. The molecule has 7 nitrogen and oxygen atoms in total. The summed E-state index contributed by atoms with van der Waals surface area (Å²) in [4.78, 5) is 27.8. The van der Waals surface area contributed by atoms with E-state index in [1.165, 1.54) is 19.1 Å². The van der Waals surface area contributed by atoms with Crippen LogP contribution in [0.15, 0.2) is 18.2 Å². The summed E-state index contributed by atoms with van der Waals surface area (Å²) in [5.41, 5.74) is 0.680. The lowest BCUT2D eigenvalue weighted by molar-refractivity contribution is -0.135. The summed E-state index contributed by atoms with van der Waals surface area (Å²) in [6.07, 6.45) is 0. The van der Waals surface area contributed by atoms with Crippen LogP contribution in [-0.4, -0.2) is 33.6 Å². The molecule has 150 valence electrons. The fourth-order valence-electron chi connectivity index (χ4n) is 2.59. The SMILES string of the molecule is CC(=O)N(c1ccc(O)c(C(C)C)c1)c1c(Cl)c(F)nc(NCC(=O)O)c1Cl. The number of nitrogens with zero attached hydrogens (tertiary/aromatic N) is 2. The number of amides is 1. The van der Waals surface area contributed by atoms with E-state index in [-0.39, 0.29) is 28.2 Å². The number of rotatable bonds is 6. The smallest absolute Gasteiger partial charge is 0.322 e. The van der Waals surface area contributed by atoms with Gasteiger partial charge in [-0.1, -0.05) is 37.0 Å². The first-order valence-corrected chi connectivity index (χ1v) is 8.93. The van der Waals surface area contributed by atoms with Gasteiger partial charge in [-0.15, -0.1) is 0 Å². The van der Waals surface area contributed by atoms with E-state index in [4.69, 9.17) is 28.3 Å². The molecule has 0 radical (unpaired) electrons. The van der Waals surface area contributed by atoms with Crippen molar-refractivity contribution in [3.05, 3.63) is 39.8 Å². The summed E-state index contributed by atoms with van der Waals surface area (Å²) in [7, 11) is 0. The number of aromatic hydroxyl groups is 1. The van der Waals surface area contributed by atoms with Crippen LogP contribution >= 0.6 is 23.2 Å². The number of anilines is 3. The van der Waals surface area contributed by atoms with E-state index < -0.39 is 29.4 Å². The predicted molar refractivity (Wildman–Crippen MR) is 105 cm³/mol. The molecule has 3 N–H and O–H groups in total. The van der Waals surface area contributed by atoms with Gasteiger partial charge in [0.2, 0.25) is 11.9 Å². The number of benzene rings is 1. The molecule has 0 spiro atoms. The number of carboxylic acids is 1. The first-order valence-electron chi connectivity index (χ1n) is 8.18. The Bertz CT molecular complexity index is 938. The van der Waals surface area contributed by atoms with Crippen LogP contribution in [0.2, 0.25) is 10.0 Å². The van der Waals surface area contributed by atoms with Crippen molar-refractivity contribution in [1.82, 2.24) is 4.98 Å². The quantitative estimate of drug-likeness (QED) is 0.582. The molecule has 1 amide bonds. The van der Waals surface area contributed by atoms with Gasteiger partial charge < -0.3 is 15.5 Å². The molecule has 2 aromatic rings. The molecule has 28 heavy (non-hydrogen) atoms. The Morgan fingerprint density at radius 2 is 1.93 bits per heavy atom. The van der Waals surface area contributed by atoms with Gasteiger partial charge in [0.15, 0.2) is 5.82 Å². The van der Waals surface area contributed by atoms with E-state index in [1.54, 1.807) is 6.07 Å². The molecule has 1 aromatic heterocycles. The van der Waals surface area contributed by atoms with E-state index in [2.05, 4.69) is 10.3 Å². The van der Waals surface area contributed by atoms with Crippen molar-refractivity contribution in [2.45, 2.75) is 26.7 Å². The fraction of sp³-hybridized carbons (Fsp3) is 0.278. The summed E-state index contributed by atoms with van der Waals surface area (Å²) >= 11 is 12.3. The van der Waals surface area contributed by atoms with Gasteiger partial charge >= 0.3 is 5.97 Å². The molecular formula is C18H18Cl2FN3O4. The largest absolute Gasteiger partial charge is 0.508 e. The molecule has 0 bridgehead atoms. The standard InChI is InChI=1S/C18H18Cl2FN3O4/c1-8(2)11-6-10(4-5-12(11)26)24(9(3)25)16-14(19)17(21)23-18(15(16)20)22-7-13(27)28/h4-6,8,26H,7H2,1-3H3,(H,22,23)(H,27,28). The number of aromatic nitrogens is 1. The average molecular weight is 430 g/mol. The Balaban J connectivity index is 2.68. The van der Waals surface area contributed by atoms with Crippen LogP contribution < -0.4 is 10.2 Å². The molecule has 0 aliphatic carbocycles. The topological polar surface area (TPSA) is 103 Å². The molecular weight excluding hydrogens is 412 g/mol. The van der Waals surface area contributed by atoms with Crippen LogP contribution in [0.25, 0.3) is 0 Å². The Morgan fingerprint density at radius 1 is 1.29 bits per heavy atom. The van der Waals surface area contributed by atoms with Gasteiger partial charge in [0, 0.05) is 12.6 Å². The highest BCUT2D eigenvalue weighted by Gasteiger charge is 2.27. The normalized spacial score (nSPS) is 10.8. The summed E-state index contributed by atoms with van der Waals surface area (Å²) in [5, 5.41) is 20.5. The van der Waals surface area contributed by atoms with Crippen LogP contribution in [-0.2, 0) is 9.59 Å². The molecule has 0 fully saturated rings. The second-order valence-electron chi connectivity index (χ2n) is 6.23. The molecule has 10 heteroatoms. The fourth-order valence-corrected chi connectivity index (χ4v) is 3.14. The number of carbonyl (C=O) groups is 2. The third-order valence-corrected chi connectivity index (χ3v) is 4.54. The first kappa shape index (κ1) is 21.7. The van der Waals surface area contributed by atoms with Gasteiger partial charge in [-0.05, 0) is 29.7 Å². The maximum atomic E-state index is 14.3. The van der Waals surface area contributed by atoms with Crippen molar-refractivity contribution in [2.24, 2.45) is 0 Å². The van der Waals surface area contributed by atoms with Gasteiger partial charge in [-0.25, -0.2) is 0 Å². The maximum absolute atomic E-state index is 14.3. The van der Waals surface area contributed by atoms with Gasteiger partial charge in [-0.2, -0.15) is 9.37 Å². The zero-order valence-electron chi connectivity index (χ0n) is 15.3. The summed E-state index contributed by atoms with van der Waals surface area (Å²) < 4.78 is 14.3. The summed E-state index contributed by atoms with van der Waals surface area (Å²) in [5.74, 6) is -3.14. The van der Waals surface area contributed by atoms with Crippen molar-refractivity contribution >= 4 is 52.3 Å². The number of pyridine rings is 1. The van der Waals surface area contributed by atoms with Crippen molar-refractivity contribution in [2.75, 3.05) is 16.8 Å².